The predicted octanol–water partition coefficient (Wildman–Crippen LogP) is 3.83. The van der Waals surface area contributed by atoms with Gasteiger partial charge in [-0.1, -0.05) is 30.0 Å². The Morgan fingerprint density at radius 2 is 2.09 bits per heavy atom. The number of nitrogens with zero attached hydrogens (tertiary/aromatic N) is 2. The standard InChI is InChI=1S/C16H13N3O3S/c1-10(23-16-14(19(21)22)7-4-8-17-16)15(20)12-9-18-13-6-3-2-5-11(12)13/h2-10,18H,1H3/t10-/m0/s1. The first-order valence-corrected chi connectivity index (χ1v) is 7.82. The summed E-state index contributed by atoms with van der Waals surface area (Å²) in [6, 6.07) is 10.4. The molecule has 1 aromatic carbocycles. The molecule has 23 heavy (non-hydrogen) atoms. The lowest BCUT2D eigenvalue weighted by atomic mass is 10.1. The quantitative estimate of drug-likeness (QED) is 0.333. The molecule has 0 spiro atoms. The number of hydrogen-bond acceptors (Lipinski definition) is 5. The summed E-state index contributed by atoms with van der Waals surface area (Å²) >= 11 is 1.10. The summed E-state index contributed by atoms with van der Waals surface area (Å²) < 4.78 is 0. The molecular formula is C16H13N3O3S. The van der Waals surface area contributed by atoms with Gasteiger partial charge < -0.3 is 4.98 Å². The van der Waals surface area contributed by atoms with E-state index in [9.17, 15) is 14.9 Å². The van der Waals surface area contributed by atoms with Crippen LogP contribution in [0.15, 0.2) is 53.8 Å². The largest absolute Gasteiger partial charge is 0.360 e. The first-order valence-electron chi connectivity index (χ1n) is 6.94. The van der Waals surface area contributed by atoms with Crippen molar-refractivity contribution in [1.29, 1.82) is 0 Å². The lowest BCUT2D eigenvalue weighted by Crippen LogP contribution is -2.13. The van der Waals surface area contributed by atoms with E-state index in [1.165, 1.54) is 18.3 Å². The van der Waals surface area contributed by atoms with Gasteiger partial charge in [0.25, 0.3) is 0 Å². The molecule has 0 bridgehead atoms. The van der Waals surface area contributed by atoms with Crippen molar-refractivity contribution in [2.24, 2.45) is 0 Å². The summed E-state index contributed by atoms with van der Waals surface area (Å²) in [6.45, 7) is 1.73. The van der Waals surface area contributed by atoms with E-state index in [2.05, 4.69) is 9.97 Å². The molecule has 0 radical (unpaired) electrons. The van der Waals surface area contributed by atoms with Crippen LogP contribution < -0.4 is 0 Å². The highest BCUT2D eigenvalue weighted by molar-refractivity contribution is 8.00. The van der Waals surface area contributed by atoms with Crippen LogP contribution in [-0.4, -0.2) is 25.9 Å². The average molecular weight is 327 g/mol. The number of nitro groups is 1. The molecule has 0 saturated heterocycles. The van der Waals surface area contributed by atoms with Crippen LogP contribution in [0, 0.1) is 10.1 Å². The van der Waals surface area contributed by atoms with Gasteiger partial charge in [0, 0.05) is 34.9 Å². The van der Waals surface area contributed by atoms with Gasteiger partial charge in [-0.15, -0.1) is 0 Å². The Kier molecular flexibility index (Phi) is 4.12. The van der Waals surface area contributed by atoms with E-state index in [0.717, 1.165) is 22.7 Å². The molecule has 0 unspecified atom stereocenters. The van der Waals surface area contributed by atoms with Crippen LogP contribution in [0.3, 0.4) is 0 Å². The normalized spacial score (nSPS) is 12.2. The number of fused-ring (bicyclic) bond motifs is 1. The van der Waals surface area contributed by atoms with Crippen LogP contribution in [0.5, 0.6) is 0 Å². The Morgan fingerprint density at radius 1 is 1.30 bits per heavy atom. The van der Waals surface area contributed by atoms with Crippen molar-refractivity contribution >= 4 is 34.1 Å². The third kappa shape index (κ3) is 2.95. The van der Waals surface area contributed by atoms with Crippen molar-refractivity contribution in [3.8, 4) is 0 Å². The van der Waals surface area contributed by atoms with Gasteiger partial charge in [-0.05, 0) is 19.1 Å². The number of para-hydroxylation sites is 1. The second kappa shape index (κ2) is 6.21. The Balaban J connectivity index is 1.88. The van der Waals surface area contributed by atoms with Crippen LogP contribution >= 0.6 is 11.8 Å². The van der Waals surface area contributed by atoms with Crippen LogP contribution in [0.4, 0.5) is 5.69 Å². The molecule has 0 aliphatic heterocycles. The number of hydrogen-bond donors (Lipinski definition) is 1. The fourth-order valence-electron chi connectivity index (χ4n) is 2.33. The van der Waals surface area contributed by atoms with Gasteiger partial charge in [0.05, 0.1) is 10.2 Å². The number of H-pyrrole nitrogens is 1. The van der Waals surface area contributed by atoms with E-state index in [4.69, 9.17) is 0 Å². The maximum Gasteiger partial charge on any atom is 0.301 e. The molecule has 2 aromatic heterocycles. The van der Waals surface area contributed by atoms with E-state index in [1.807, 2.05) is 24.3 Å². The van der Waals surface area contributed by atoms with Crippen molar-refractivity contribution in [2.75, 3.05) is 0 Å². The van der Waals surface area contributed by atoms with Crippen LogP contribution in [-0.2, 0) is 0 Å². The third-order valence-electron chi connectivity index (χ3n) is 3.46. The van der Waals surface area contributed by atoms with Crippen molar-refractivity contribution in [2.45, 2.75) is 17.2 Å². The van der Waals surface area contributed by atoms with Crippen LogP contribution in [0.2, 0.25) is 0 Å². The molecule has 1 N–H and O–H groups in total. The molecule has 0 aliphatic carbocycles. The third-order valence-corrected chi connectivity index (χ3v) is 4.57. The van der Waals surface area contributed by atoms with E-state index in [1.54, 1.807) is 13.1 Å². The highest BCUT2D eigenvalue weighted by atomic mass is 32.2. The van der Waals surface area contributed by atoms with Gasteiger partial charge in [-0.25, -0.2) is 4.98 Å². The molecule has 0 saturated carbocycles. The van der Waals surface area contributed by atoms with Gasteiger partial charge >= 0.3 is 5.69 Å². The molecule has 3 rings (SSSR count). The second-order valence-corrected chi connectivity index (χ2v) is 6.29. The summed E-state index contributed by atoms with van der Waals surface area (Å²) in [7, 11) is 0. The Labute approximate surface area is 136 Å². The summed E-state index contributed by atoms with van der Waals surface area (Å²) in [4.78, 5) is 30.3. The highest BCUT2D eigenvalue weighted by Gasteiger charge is 2.24. The zero-order valence-electron chi connectivity index (χ0n) is 12.2. The topological polar surface area (TPSA) is 88.9 Å². The second-order valence-electron chi connectivity index (χ2n) is 4.96. The van der Waals surface area contributed by atoms with Gasteiger partial charge in [0.1, 0.15) is 0 Å². The van der Waals surface area contributed by atoms with Crippen molar-refractivity contribution in [1.82, 2.24) is 9.97 Å². The van der Waals surface area contributed by atoms with Gasteiger partial charge in [0.15, 0.2) is 10.8 Å². The van der Waals surface area contributed by atoms with Crippen molar-refractivity contribution in [3.63, 3.8) is 0 Å². The van der Waals surface area contributed by atoms with E-state index in [-0.39, 0.29) is 16.5 Å². The van der Waals surface area contributed by atoms with Crippen molar-refractivity contribution < 1.29 is 9.72 Å². The molecule has 1 atom stereocenters. The smallest absolute Gasteiger partial charge is 0.301 e. The molecule has 0 fully saturated rings. The number of pyridine rings is 1. The van der Waals surface area contributed by atoms with Crippen LogP contribution in [0.25, 0.3) is 10.9 Å². The number of Topliss-reactive ketones (excluding diaryl/α,β-unsaturated/α-hetero) is 1. The molecule has 6 nitrogen and oxygen atoms in total. The monoisotopic (exact) mass is 327 g/mol. The number of nitrogens with one attached hydrogen (secondary N) is 1. The molecule has 2 heterocycles. The number of thioether (sulfide) groups is 1. The number of carbonyl (C=O) groups excluding carboxylic acids is 1. The molecule has 3 aromatic rings. The Hall–Kier alpha value is -2.67. The minimum atomic E-state index is -0.488. The lowest BCUT2D eigenvalue weighted by Gasteiger charge is -2.09. The Morgan fingerprint density at radius 3 is 2.87 bits per heavy atom. The first-order chi connectivity index (χ1) is 11.1. The molecule has 0 aliphatic rings. The van der Waals surface area contributed by atoms with E-state index in [0.29, 0.717) is 5.56 Å². The maximum atomic E-state index is 12.7. The first kappa shape index (κ1) is 15.2. The summed E-state index contributed by atoms with van der Waals surface area (Å²) in [6.07, 6.45) is 3.16. The molecule has 116 valence electrons. The number of aromatic nitrogens is 2. The number of ketones is 1. The summed E-state index contributed by atoms with van der Waals surface area (Å²) in [5.74, 6) is -0.0904. The fourth-order valence-corrected chi connectivity index (χ4v) is 3.28. The number of aromatic amines is 1. The van der Waals surface area contributed by atoms with Crippen LogP contribution in [0.1, 0.15) is 17.3 Å². The minimum absolute atomic E-state index is 0.0870. The van der Waals surface area contributed by atoms with E-state index >= 15 is 0 Å². The molecule has 0 amide bonds. The lowest BCUT2D eigenvalue weighted by molar-refractivity contribution is -0.388. The zero-order chi connectivity index (χ0) is 16.4. The van der Waals surface area contributed by atoms with Gasteiger partial charge in [-0.2, -0.15) is 0 Å². The Bertz CT molecular complexity index is 891. The fraction of sp³-hybridized carbons (Fsp3) is 0.125. The number of benzene rings is 1. The van der Waals surface area contributed by atoms with Crippen molar-refractivity contribution in [3.05, 3.63) is 64.5 Å². The summed E-state index contributed by atoms with van der Waals surface area (Å²) in [5, 5.41) is 11.7. The minimum Gasteiger partial charge on any atom is -0.360 e. The highest BCUT2D eigenvalue weighted by Crippen LogP contribution is 2.32. The average Bonchev–Trinajstić information content (AvgIpc) is 2.98. The van der Waals surface area contributed by atoms with E-state index < -0.39 is 10.2 Å². The zero-order valence-corrected chi connectivity index (χ0v) is 13.0. The maximum absolute atomic E-state index is 12.7. The number of carbonyl (C=O) groups is 1. The van der Waals surface area contributed by atoms with Gasteiger partial charge in [-0.3, -0.25) is 14.9 Å². The number of rotatable bonds is 5. The molecule has 7 heteroatoms. The summed E-state index contributed by atoms with van der Waals surface area (Å²) in [5.41, 5.74) is 1.38. The SMILES string of the molecule is C[C@H](Sc1ncccc1[N+](=O)[O-])C(=O)c1c[nH]c2ccccc12. The van der Waals surface area contributed by atoms with Gasteiger partial charge in [0.2, 0.25) is 0 Å². The predicted molar refractivity (Wildman–Crippen MR) is 88.8 cm³/mol. The molecular weight excluding hydrogens is 314 g/mol.